The minimum absolute atomic E-state index is 0.855. The fourth-order valence-corrected chi connectivity index (χ4v) is 2.69. The summed E-state index contributed by atoms with van der Waals surface area (Å²) in [4.78, 5) is 8.98. The number of hydrogen-bond donors (Lipinski definition) is 1. The van der Waals surface area contributed by atoms with E-state index in [1.54, 1.807) is 0 Å². The molecule has 4 rings (SSSR count). The fourth-order valence-electron chi connectivity index (χ4n) is 2.69. The van der Waals surface area contributed by atoms with Crippen LogP contribution in [0.4, 0.5) is 5.69 Å². The summed E-state index contributed by atoms with van der Waals surface area (Å²) in [5.74, 6) is 0. The fraction of sp³-hybridized carbons (Fsp3) is 0.118. The SMILES string of the molecule is CNc1ccc2nccc(-c3cnn4cc(C)cnc34)c2c1. The third kappa shape index (κ3) is 1.90. The minimum Gasteiger partial charge on any atom is -0.388 e. The van der Waals surface area contributed by atoms with E-state index in [0.717, 1.165) is 38.9 Å². The van der Waals surface area contributed by atoms with E-state index in [0.29, 0.717) is 0 Å². The molecule has 3 heterocycles. The lowest BCUT2D eigenvalue weighted by Crippen LogP contribution is -1.92. The summed E-state index contributed by atoms with van der Waals surface area (Å²) in [6.45, 7) is 2.01. The Labute approximate surface area is 127 Å². The molecule has 0 aliphatic heterocycles. The molecule has 22 heavy (non-hydrogen) atoms. The van der Waals surface area contributed by atoms with Gasteiger partial charge < -0.3 is 5.32 Å². The van der Waals surface area contributed by atoms with Gasteiger partial charge in [-0.3, -0.25) is 4.98 Å². The van der Waals surface area contributed by atoms with Crippen LogP contribution in [0.2, 0.25) is 0 Å². The van der Waals surface area contributed by atoms with Crippen LogP contribution in [0.3, 0.4) is 0 Å². The molecule has 3 aromatic heterocycles. The maximum Gasteiger partial charge on any atom is 0.162 e. The lowest BCUT2D eigenvalue weighted by molar-refractivity contribution is 0.928. The van der Waals surface area contributed by atoms with Crippen molar-refractivity contribution >= 4 is 22.2 Å². The third-order valence-electron chi connectivity index (χ3n) is 3.81. The molecule has 0 saturated heterocycles. The van der Waals surface area contributed by atoms with Gasteiger partial charge in [-0.05, 0) is 42.3 Å². The Morgan fingerprint density at radius 1 is 1.05 bits per heavy atom. The molecule has 5 nitrogen and oxygen atoms in total. The molecule has 0 spiro atoms. The molecular weight excluding hydrogens is 274 g/mol. The summed E-state index contributed by atoms with van der Waals surface area (Å²) in [5, 5.41) is 8.68. The highest BCUT2D eigenvalue weighted by molar-refractivity contribution is 5.99. The Morgan fingerprint density at radius 3 is 2.82 bits per heavy atom. The molecular formula is C17H15N5. The number of aromatic nitrogens is 4. The van der Waals surface area contributed by atoms with Crippen LogP contribution in [0.5, 0.6) is 0 Å². The highest BCUT2D eigenvalue weighted by Crippen LogP contribution is 2.31. The predicted molar refractivity (Wildman–Crippen MR) is 88.0 cm³/mol. The summed E-state index contributed by atoms with van der Waals surface area (Å²) in [6.07, 6.45) is 7.54. The van der Waals surface area contributed by atoms with Crippen LogP contribution in [0.15, 0.2) is 49.1 Å². The summed E-state index contributed by atoms with van der Waals surface area (Å²) < 4.78 is 1.82. The molecule has 0 atom stereocenters. The zero-order chi connectivity index (χ0) is 15.1. The lowest BCUT2D eigenvalue weighted by Gasteiger charge is -2.07. The molecule has 0 unspecified atom stereocenters. The second kappa shape index (κ2) is 4.80. The van der Waals surface area contributed by atoms with Crippen molar-refractivity contribution in [1.29, 1.82) is 0 Å². The van der Waals surface area contributed by atoms with Crippen LogP contribution in [0, 0.1) is 6.92 Å². The van der Waals surface area contributed by atoms with Crippen LogP contribution in [0.25, 0.3) is 27.7 Å². The molecule has 5 heteroatoms. The van der Waals surface area contributed by atoms with Crippen molar-refractivity contribution in [2.75, 3.05) is 12.4 Å². The van der Waals surface area contributed by atoms with Gasteiger partial charge in [-0.1, -0.05) is 0 Å². The van der Waals surface area contributed by atoms with Gasteiger partial charge in [0.05, 0.1) is 11.7 Å². The van der Waals surface area contributed by atoms with Gasteiger partial charge in [-0.25, -0.2) is 9.50 Å². The Bertz CT molecular complexity index is 987. The molecule has 0 amide bonds. The Hall–Kier alpha value is -2.95. The van der Waals surface area contributed by atoms with Crippen LogP contribution >= 0.6 is 0 Å². The zero-order valence-corrected chi connectivity index (χ0v) is 12.4. The lowest BCUT2D eigenvalue weighted by atomic mass is 10.0. The van der Waals surface area contributed by atoms with Crippen LogP contribution in [-0.2, 0) is 0 Å². The molecule has 0 aliphatic carbocycles. The molecule has 1 aromatic carbocycles. The van der Waals surface area contributed by atoms with Crippen molar-refractivity contribution in [2.45, 2.75) is 6.92 Å². The van der Waals surface area contributed by atoms with E-state index in [1.165, 1.54) is 0 Å². The minimum atomic E-state index is 0.855. The molecule has 4 aromatic rings. The first-order valence-electron chi connectivity index (χ1n) is 7.13. The van der Waals surface area contributed by atoms with Crippen molar-refractivity contribution in [1.82, 2.24) is 19.6 Å². The molecule has 0 aliphatic rings. The number of rotatable bonds is 2. The van der Waals surface area contributed by atoms with Gasteiger partial charge in [0.2, 0.25) is 0 Å². The molecule has 108 valence electrons. The number of anilines is 1. The normalized spacial score (nSPS) is 11.2. The number of benzene rings is 1. The van der Waals surface area contributed by atoms with E-state index in [1.807, 2.05) is 61.5 Å². The smallest absolute Gasteiger partial charge is 0.162 e. The summed E-state index contributed by atoms with van der Waals surface area (Å²) >= 11 is 0. The van der Waals surface area contributed by atoms with Gasteiger partial charge in [0.15, 0.2) is 5.65 Å². The van der Waals surface area contributed by atoms with Crippen molar-refractivity contribution in [3.63, 3.8) is 0 Å². The van der Waals surface area contributed by atoms with Gasteiger partial charge in [-0.15, -0.1) is 0 Å². The highest BCUT2D eigenvalue weighted by atomic mass is 15.2. The number of nitrogens with zero attached hydrogens (tertiary/aromatic N) is 4. The largest absolute Gasteiger partial charge is 0.388 e. The van der Waals surface area contributed by atoms with Crippen LogP contribution in [0.1, 0.15) is 5.56 Å². The molecule has 0 fully saturated rings. The van der Waals surface area contributed by atoms with Gasteiger partial charge in [0, 0.05) is 42.3 Å². The van der Waals surface area contributed by atoms with Crippen LogP contribution < -0.4 is 5.32 Å². The number of hydrogen-bond acceptors (Lipinski definition) is 4. The van der Waals surface area contributed by atoms with Crippen molar-refractivity contribution in [3.8, 4) is 11.1 Å². The number of fused-ring (bicyclic) bond motifs is 2. The van der Waals surface area contributed by atoms with E-state index in [-0.39, 0.29) is 0 Å². The molecule has 1 N–H and O–H groups in total. The zero-order valence-electron chi connectivity index (χ0n) is 12.4. The van der Waals surface area contributed by atoms with E-state index in [4.69, 9.17) is 0 Å². The monoisotopic (exact) mass is 289 g/mol. The average molecular weight is 289 g/mol. The topological polar surface area (TPSA) is 55.1 Å². The first-order valence-corrected chi connectivity index (χ1v) is 7.13. The maximum absolute atomic E-state index is 4.53. The predicted octanol–water partition coefficient (Wildman–Crippen LogP) is 3.29. The third-order valence-corrected chi connectivity index (χ3v) is 3.81. The Kier molecular flexibility index (Phi) is 2.79. The number of aryl methyl sites for hydroxylation is 1. The molecule has 0 saturated carbocycles. The molecule has 0 bridgehead atoms. The number of pyridine rings is 1. The Morgan fingerprint density at radius 2 is 1.95 bits per heavy atom. The van der Waals surface area contributed by atoms with Crippen molar-refractivity contribution in [2.24, 2.45) is 0 Å². The molecule has 0 radical (unpaired) electrons. The second-order valence-electron chi connectivity index (χ2n) is 5.30. The average Bonchev–Trinajstić information content (AvgIpc) is 2.96. The van der Waals surface area contributed by atoms with Gasteiger partial charge >= 0.3 is 0 Å². The van der Waals surface area contributed by atoms with E-state index in [9.17, 15) is 0 Å². The second-order valence-corrected chi connectivity index (χ2v) is 5.30. The first-order chi connectivity index (χ1) is 10.8. The van der Waals surface area contributed by atoms with E-state index < -0.39 is 0 Å². The van der Waals surface area contributed by atoms with Gasteiger partial charge in [0.25, 0.3) is 0 Å². The van der Waals surface area contributed by atoms with E-state index in [2.05, 4.69) is 26.4 Å². The van der Waals surface area contributed by atoms with Crippen molar-refractivity contribution in [3.05, 3.63) is 54.6 Å². The quantitative estimate of drug-likeness (QED) is 0.615. The first kappa shape index (κ1) is 12.8. The van der Waals surface area contributed by atoms with Crippen LogP contribution in [-0.4, -0.2) is 26.6 Å². The Balaban J connectivity index is 2.03. The summed E-state index contributed by atoms with van der Waals surface area (Å²) in [6, 6.07) is 8.17. The van der Waals surface area contributed by atoms with E-state index >= 15 is 0 Å². The van der Waals surface area contributed by atoms with Crippen molar-refractivity contribution < 1.29 is 0 Å². The standard InChI is InChI=1S/C17H15N5/c1-11-8-20-17-15(9-21-22(17)10-11)13-5-6-19-16-4-3-12(18-2)7-14(13)16/h3-10,18H,1-2H3. The van der Waals surface area contributed by atoms with Gasteiger partial charge in [-0.2, -0.15) is 5.10 Å². The summed E-state index contributed by atoms with van der Waals surface area (Å²) in [7, 11) is 1.91. The number of nitrogens with one attached hydrogen (secondary N) is 1. The maximum atomic E-state index is 4.53. The highest BCUT2D eigenvalue weighted by Gasteiger charge is 2.12. The van der Waals surface area contributed by atoms with Gasteiger partial charge in [0.1, 0.15) is 0 Å². The summed E-state index contributed by atoms with van der Waals surface area (Å²) in [5.41, 5.74) is 6.06.